The Kier molecular flexibility index (Phi) is 5.02. The minimum Gasteiger partial charge on any atom is -0.387 e. The SMILES string of the molecule is Cn1cc(-c2cc(NS(=O)(=O)c3ccc(F)cc3F)cc3c2N=C(N)CCC3)cn1. The van der Waals surface area contributed by atoms with Gasteiger partial charge in [0.1, 0.15) is 16.5 Å². The predicted molar refractivity (Wildman–Crippen MR) is 110 cm³/mol. The first-order chi connectivity index (χ1) is 14.2. The van der Waals surface area contributed by atoms with E-state index in [4.69, 9.17) is 5.73 Å². The number of rotatable bonds is 4. The average molecular weight is 431 g/mol. The topological polar surface area (TPSA) is 102 Å². The van der Waals surface area contributed by atoms with Crippen molar-refractivity contribution in [3.05, 3.63) is 59.9 Å². The molecule has 0 atom stereocenters. The van der Waals surface area contributed by atoms with E-state index >= 15 is 0 Å². The van der Waals surface area contributed by atoms with Crippen LogP contribution in [0.3, 0.4) is 0 Å². The molecule has 0 unspecified atom stereocenters. The third-order valence-corrected chi connectivity index (χ3v) is 6.19. The molecule has 1 aliphatic heterocycles. The van der Waals surface area contributed by atoms with Crippen molar-refractivity contribution >= 4 is 27.2 Å². The molecule has 7 nitrogen and oxygen atoms in total. The molecule has 3 aromatic rings. The number of nitrogens with two attached hydrogens (primary N) is 1. The first kappa shape index (κ1) is 20.0. The summed E-state index contributed by atoms with van der Waals surface area (Å²) in [5.74, 6) is -1.52. The number of sulfonamides is 1. The molecule has 0 saturated carbocycles. The summed E-state index contributed by atoms with van der Waals surface area (Å²) < 4.78 is 56.7. The Bertz CT molecular complexity index is 1270. The summed E-state index contributed by atoms with van der Waals surface area (Å²) in [5.41, 5.74) is 9.10. The summed E-state index contributed by atoms with van der Waals surface area (Å²) in [7, 11) is -2.51. The molecule has 0 radical (unpaired) electrons. The maximum Gasteiger partial charge on any atom is 0.264 e. The maximum absolute atomic E-state index is 14.1. The fourth-order valence-electron chi connectivity index (χ4n) is 3.42. The number of fused-ring (bicyclic) bond motifs is 1. The Morgan fingerprint density at radius 2 is 1.97 bits per heavy atom. The molecular formula is C20H19F2N5O2S. The van der Waals surface area contributed by atoms with Crippen molar-refractivity contribution in [3.63, 3.8) is 0 Å². The van der Waals surface area contributed by atoms with Gasteiger partial charge in [0.05, 0.1) is 17.7 Å². The van der Waals surface area contributed by atoms with Crippen LogP contribution in [0.2, 0.25) is 0 Å². The lowest BCUT2D eigenvalue weighted by Gasteiger charge is -2.14. The fourth-order valence-corrected chi connectivity index (χ4v) is 4.52. The molecule has 156 valence electrons. The molecule has 2 heterocycles. The van der Waals surface area contributed by atoms with Crippen LogP contribution in [0.15, 0.2) is 52.6 Å². The lowest BCUT2D eigenvalue weighted by atomic mass is 9.99. The van der Waals surface area contributed by atoms with Crippen molar-refractivity contribution in [2.45, 2.75) is 24.2 Å². The van der Waals surface area contributed by atoms with Crippen LogP contribution in [0.5, 0.6) is 0 Å². The molecule has 10 heteroatoms. The molecule has 0 bridgehead atoms. The number of aryl methyl sites for hydroxylation is 2. The number of halogens is 2. The van der Waals surface area contributed by atoms with Crippen LogP contribution in [-0.2, 0) is 23.5 Å². The number of hydrogen-bond acceptors (Lipinski definition) is 5. The Morgan fingerprint density at radius 3 is 2.67 bits per heavy atom. The molecule has 3 N–H and O–H groups in total. The predicted octanol–water partition coefficient (Wildman–Crippen LogP) is 3.49. The number of amidine groups is 1. The van der Waals surface area contributed by atoms with Crippen LogP contribution >= 0.6 is 0 Å². The van der Waals surface area contributed by atoms with E-state index in [1.165, 1.54) is 0 Å². The van der Waals surface area contributed by atoms with Crippen LogP contribution in [0.25, 0.3) is 11.1 Å². The van der Waals surface area contributed by atoms with Gasteiger partial charge in [-0.1, -0.05) is 0 Å². The largest absolute Gasteiger partial charge is 0.387 e. The van der Waals surface area contributed by atoms with Crippen molar-refractivity contribution < 1.29 is 17.2 Å². The highest BCUT2D eigenvalue weighted by Gasteiger charge is 2.22. The highest BCUT2D eigenvalue weighted by atomic mass is 32.2. The number of hydrogen-bond donors (Lipinski definition) is 2. The highest BCUT2D eigenvalue weighted by Crippen LogP contribution is 2.39. The van der Waals surface area contributed by atoms with Gasteiger partial charge in [-0.25, -0.2) is 22.2 Å². The van der Waals surface area contributed by atoms with Gasteiger partial charge in [-0.3, -0.25) is 9.40 Å². The molecule has 0 saturated heterocycles. The van der Waals surface area contributed by atoms with E-state index in [2.05, 4.69) is 14.8 Å². The highest BCUT2D eigenvalue weighted by molar-refractivity contribution is 7.92. The first-order valence-electron chi connectivity index (χ1n) is 9.20. The monoisotopic (exact) mass is 431 g/mol. The Balaban J connectivity index is 1.82. The second-order valence-corrected chi connectivity index (χ2v) is 8.72. The number of nitrogens with one attached hydrogen (secondary N) is 1. The molecule has 1 aromatic heterocycles. The molecule has 0 aliphatic carbocycles. The van der Waals surface area contributed by atoms with E-state index in [-0.39, 0.29) is 5.69 Å². The van der Waals surface area contributed by atoms with Crippen molar-refractivity contribution in [2.24, 2.45) is 17.8 Å². The van der Waals surface area contributed by atoms with Crippen molar-refractivity contribution in [1.82, 2.24) is 9.78 Å². The van der Waals surface area contributed by atoms with Gasteiger partial charge in [0.25, 0.3) is 10.0 Å². The van der Waals surface area contributed by atoms with Gasteiger partial charge >= 0.3 is 0 Å². The molecule has 0 amide bonds. The van der Waals surface area contributed by atoms with E-state index in [9.17, 15) is 17.2 Å². The molecule has 0 spiro atoms. The summed E-state index contributed by atoms with van der Waals surface area (Å²) in [5, 5.41) is 4.17. The lowest BCUT2D eigenvalue weighted by molar-refractivity contribution is 0.551. The Hall–Kier alpha value is -3.27. The number of aromatic nitrogens is 2. The molecule has 0 fully saturated rings. The minimum atomic E-state index is -4.27. The molecular weight excluding hydrogens is 412 g/mol. The summed E-state index contributed by atoms with van der Waals surface area (Å²) in [6.07, 6.45) is 5.46. The lowest BCUT2D eigenvalue weighted by Crippen LogP contribution is -2.15. The normalized spacial score (nSPS) is 14.0. The van der Waals surface area contributed by atoms with Gasteiger partial charge < -0.3 is 5.73 Å². The zero-order valence-corrected chi connectivity index (χ0v) is 16.9. The van der Waals surface area contributed by atoms with E-state index in [1.54, 1.807) is 36.3 Å². The van der Waals surface area contributed by atoms with E-state index in [0.29, 0.717) is 36.0 Å². The van der Waals surface area contributed by atoms with Crippen molar-refractivity contribution in [2.75, 3.05) is 4.72 Å². The second-order valence-electron chi connectivity index (χ2n) is 7.07. The third kappa shape index (κ3) is 3.90. The standard InChI is InChI=1S/C20H19F2N5O2S/c1-27-11-13(10-24-27)16-9-15(7-12-3-2-4-19(23)25-20(12)16)26-30(28,29)18-6-5-14(21)8-17(18)22/h5-11,26H,2-4H2,1H3,(H2,23,25). The number of aliphatic imine (C=N–C) groups is 1. The summed E-state index contributed by atoms with van der Waals surface area (Å²) in [6.45, 7) is 0. The van der Waals surface area contributed by atoms with Gasteiger partial charge in [-0.05, 0) is 42.7 Å². The van der Waals surface area contributed by atoms with Gasteiger partial charge in [0.15, 0.2) is 0 Å². The van der Waals surface area contributed by atoms with Crippen molar-refractivity contribution in [3.8, 4) is 11.1 Å². The summed E-state index contributed by atoms with van der Waals surface area (Å²) in [4.78, 5) is 3.89. The van der Waals surface area contributed by atoms with Crippen molar-refractivity contribution in [1.29, 1.82) is 0 Å². The summed E-state index contributed by atoms with van der Waals surface area (Å²) in [6, 6.07) is 5.59. The van der Waals surface area contributed by atoms with E-state index in [0.717, 1.165) is 29.7 Å². The first-order valence-corrected chi connectivity index (χ1v) is 10.7. The maximum atomic E-state index is 14.1. The van der Waals surface area contributed by atoms with Gasteiger partial charge in [0, 0.05) is 42.5 Å². The van der Waals surface area contributed by atoms with Gasteiger partial charge in [0.2, 0.25) is 0 Å². The van der Waals surface area contributed by atoms with E-state index in [1.807, 2.05) is 0 Å². The van der Waals surface area contributed by atoms with Gasteiger partial charge in [-0.15, -0.1) is 0 Å². The second kappa shape index (κ2) is 7.52. The zero-order valence-electron chi connectivity index (χ0n) is 16.1. The van der Waals surface area contributed by atoms with E-state index < -0.39 is 26.6 Å². The van der Waals surface area contributed by atoms with Crippen LogP contribution in [0.4, 0.5) is 20.2 Å². The fraction of sp³-hybridized carbons (Fsp3) is 0.200. The van der Waals surface area contributed by atoms with Crippen LogP contribution in [0, 0.1) is 11.6 Å². The third-order valence-electron chi connectivity index (χ3n) is 4.77. The number of anilines is 1. The minimum absolute atomic E-state index is 0.243. The van der Waals surface area contributed by atoms with Crippen LogP contribution in [0.1, 0.15) is 18.4 Å². The van der Waals surface area contributed by atoms with Crippen LogP contribution in [-0.4, -0.2) is 24.0 Å². The zero-order chi connectivity index (χ0) is 21.5. The van der Waals surface area contributed by atoms with Gasteiger partial charge in [-0.2, -0.15) is 5.10 Å². The molecule has 1 aliphatic rings. The molecule has 2 aromatic carbocycles. The number of nitrogens with zero attached hydrogens (tertiary/aromatic N) is 3. The quantitative estimate of drug-likeness (QED) is 0.660. The summed E-state index contributed by atoms with van der Waals surface area (Å²) >= 11 is 0. The Morgan fingerprint density at radius 1 is 1.17 bits per heavy atom. The van der Waals surface area contributed by atoms with Crippen LogP contribution < -0.4 is 10.5 Å². The smallest absolute Gasteiger partial charge is 0.264 e. The number of benzene rings is 2. The Labute approximate surface area is 172 Å². The average Bonchev–Trinajstić information content (AvgIpc) is 2.99. The molecule has 30 heavy (non-hydrogen) atoms. The molecule has 4 rings (SSSR count).